The monoisotopic (exact) mass is 391 g/mol. The SMILES string of the molecule is Cc1ccc(F)cc1NC(=O)c1cc(Br)c(Br)s1. The fourth-order valence-electron chi connectivity index (χ4n) is 1.37. The molecule has 94 valence electrons. The molecule has 0 unspecified atom stereocenters. The zero-order chi connectivity index (χ0) is 13.3. The van der Waals surface area contributed by atoms with Crippen LogP contribution in [0.15, 0.2) is 32.5 Å². The number of carbonyl (C=O) groups is 1. The van der Waals surface area contributed by atoms with Crippen LogP contribution in [0.2, 0.25) is 0 Å². The maximum atomic E-state index is 13.1. The van der Waals surface area contributed by atoms with Crippen LogP contribution in [-0.4, -0.2) is 5.91 Å². The van der Waals surface area contributed by atoms with Gasteiger partial charge in [-0.2, -0.15) is 0 Å². The molecular weight excluding hydrogens is 385 g/mol. The molecule has 1 heterocycles. The van der Waals surface area contributed by atoms with Crippen LogP contribution in [0, 0.1) is 12.7 Å². The normalized spacial score (nSPS) is 10.4. The summed E-state index contributed by atoms with van der Waals surface area (Å²) in [5, 5.41) is 2.70. The molecule has 0 aliphatic heterocycles. The molecule has 1 N–H and O–H groups in total. The molecule has 0 fully saturated rings. The van der Waals surface area contributed by atoms with E-state index in [2.05, 4.69) is 37.2 Å². The Bertz CT molecular complexity index is 593. The Kier molecular flexibility index (Phi) is 4.19. The van der Waals surface area contributed by atoms with E-state index in [9.17, 15) is 9.18 Å². The van der Waals surface area contributed by atoms with Gasteiger partial charge in [-0.05, 0) is 62.5 Å². The number of hydrogen-bond acceptors (Lipinski definition) is 2. The highest BCUT2D eigenvalue weighted by Crippen LogP contribution is 2.32. The summed E-state index contributed by atoms with van der Waals surface area (Å²) in [6.07, 6.45) is 0. The van der Waals surface area contributed by atoms with Crippen molar-refractivity contribution in [2.24, 2.45) is 0 Å². The number of thiophene rings is 1. The van der Waals surface area contributed by atoms with E-state index in [0.717, 1.165) is 13.8 Å². The van der Waals surface area contributed by atoms with Gasteiger partial charge in [0.05, 0.1) is 8.66 Å². The molecule has 0 spiro atoms. The third kappa shape index (κ3) is 2.99. The molecule has 0 saturated carbocycles. The third-order valence-corrected chi connectivity index (χ3v) is 5.57. The summed E-state index contributed by atoms with van der Waals surface area (Å²) in [7, 11) is 0. The summed E-state index contributed by atoms with van der Waals surface area (Å²) in [6.45, 7) is 1.81. The Morgan fingerprint density at radius 2 is 2.06 bits per heavy atom. The molecule has 0 radical (unpaired) electrons. The van der Waals surface area contributed by atoms with Crippen molar-refractivity contribution in [3.8, 4) is 0 Å². The van der Waals surface area contributed by atoms with E-state index in [0.29, 0.717) is 10.6 Å². The highest BCUT2D eigenvalue weighted by atomic mass is 79.9. The quantitative estimate of drug-likeness (QED) is 0.767. The minimum absolute atomic E-state index is 0.250. The largest absolute Gasteiger partial charge is 0.321 e. The molecule has 0 bridgehead atoms. The zero-order valence-corrected chi connectivity index (χ0v) is 13.2. The minimum Gasteiger partial charge on any atom is -0.321 e. The predicted octanol–water partition coefficient (Wildman–Crippen LogP) is 4.97. The maximum Gasteiger partial charge on any atom is 0.265 e. The number of carbonyl (C=O) groups excluding carboxylic acids is 1. The number of nitrogens with one attached hydrogen (secondary N) is 1. The van der Waals surface area contributed by atoms with Crippen molar-refractivity contribution >= 4 is 54.8 Å². The van der Waals surface area contributed by atoms with Crippen molar-refractivity contribution in [1.29, 1.82) is 0 Å². The van der Waals surface area contributed by atoms with Gasteiger partial charge in [-0.3, -0.25) is 4.79 Å². The Morgan fingerprint density at radius 1 is 1.33 bits per heavy atom. The molecule has 6 heteroatoms. The van der Waals surface area contributed by atoms with Gasteiger partial charge in [-0.25, -0.2) is 4.39 Å². The smallest absolute Gasteiger partial charge is 0.265 e. The van der Waals surface area contributed by atoms with Crippen molar-refractivity contribution in [3.05, 3.63) is 48.8 Å². The van der Waals surface area contributed by atoms with Crippen molar-refractivity contribution < 1.29 is 9.18 Å². The second-order valence-electron chi connectivity index (χ2n) is 3.65. The van der Waals surface area contributed by atoms with Gasteiger partial charge in [0.15, 0.2) is 0 Å². The van der Waals surface area contributed by atoms with Crippen LogP contribution >= 0.6 is 43.2 Å². The Balaban J connectivity index is 2.23. The molecule has 0 atom stereocenters. The Labute approximate surface area is 124 Å². The zero-order valence-electron chi connectivity index (χ0n) is 9.26. The van der Waals surface area contributed by atoms with Crippen LogP contribution in [-0.2, 0) is 0 Å². The maximum absolute atomic E-state index is 13.1. The molecule has 1 aromatic heterocycles. The van der Waals surface area contributed by atoms with Gasteiger partial charge in [0.2, 0.25) is 0 Å². The molecule has 1 amide bonds. The van der Waals surface area contributed by atoms with E-state index in [4.69, 9.17) is 0 Å². The van der Waals surface area contributed by atoms with Gasteiger partial charge >= 0.3 is 0 Å². The summed E-state index contributed by atoms with van der Waals surface area (Å²) in [5.41, 5.74) is 1.31. The van der Waals surface area contributed by atoms with E-state index in [-0.39, 0.29) is 11.7 Å². The number of rotatable bonds is 2. The molecule has 2 aromatic rings. The van der Waals surface area contributed by atoms with Crippen molar-refractivity contribution in [1.82, 2.24) is 0 Å². The molecule has 1 aromatic carbocycles. The van der Waals surface area contributed by atoms with E-state index < -0.39 is 0 Å². The summed E-state index contributed by atoms with van der Waals surface area (Å²) in [6, 6.07) is 6.03. The highest BCUT2D eigenvalue weighted by Gasteiger charge is 2.13. The van der Waals surface area contributed by atoms with Crippen molar-refractivity contribution in [3.63, 3.8) is 0 Å². The number of halogens is 3. The lowest BCUT2D eigenvalue weighted by molar-refractivity contribution is 0.103. The first-order valence-corrected chi connectivity index (χ1v) is 7.40. The fourth-order valence-corrected chi connectivity index (χ4v) is 3.30. The molecule has 18 heavy (non-hydrogen) atoms. The Morgan fingerprint density at radius 3 is 2.67 bits per heavy atom. The van der Waals surface area contributed by atoms with Crippen LogP contribution in [0.25, 0.3) is 0 Å². The standard InChI is InChI=1S/C12H8Br2FNOS/c1-6-2-3-7(15)4-9(6)16-12(17)10-5-8(13)11(14)18-10/h2-5H,1H3,(H,16,17). The second-order valence-corrected chi connectivity index (χ2v) is 6.87. The van der Waals surface area contributed by atoms with E-state index in [1.165, 1.54) is 23.5 Å². The molecule has 0 saturated heterocycles. The van der Waals surface area contributed by atoms with Gasteiger partial charge < -0.3 is 5.32 Å². The summed E-state index contributed by atoms with van der Waals surface area (Å²) >= 11 is 7.96. The van der Waals surface area contributed by atoms with E-state index >= 15 is 0 Å². The summed E-state index contributed by atoms with van der Waals surface area (Å²) in [5.74, 6) is -0.621. The Hall–Kier alpha value is -0.720. The number of benzene rings is 1. The van der Waals surface area contributed by atoms with Crippen LogP contribution in [0.5, 0.6) is 0 Å². The summed E-state index contributed by atoms with van der Waals surface area (Å²) in [4.78, 5) is 12.5. The summed E-state index contributed by atoms with van der Waals surface area (Å²) < 4.78 is 14.8. The van der Waals surface area contributed by atoms with E-state index in [1.807, 2.05) is 6.92 Å². The number of anilines is 1. The predicted molar refractivity (Wildman–Crippen MR) is 78.8 cm³/mol. The van der Waals surface area contributed by atoms with Crippen LogP contribution in [0.1, 0.15) is 15.2 Å². The third-order valence-electron chi connectivity index (χ3n) is 2.32. The number of hydrogen-bond donors (Lipinski definition) is 1. The lowest BCUT2D eigenvalue weighted by Crippen LogP contribution is -2.11. The lowest BCUT2D eigenvalue weighted by Gasteiger charge is -2.07. The first-order chi connectivity index (χ1) is 8.47. The van der Waals surface area contributed by atoms with Crippen LogP contribution in [0.3, 0.4) is 0 Å². The number of aryl methyl sites for hydroxylation is 1. The average Bonchev–Trinajstić information content (AvgIpc) is 2.64. The molecule has 0 aliphatic rings. The topological polar surface area (TPSA) is 29.1 Å². The van der Waals surface area contributed by atoms with Gasteiger partial charge in [0.1, 0.15) is 5.82 Å². The van der Waals surface area contributed by atoms with Crippen LogP contribution in [0.4, 0.5) is 10.1 Å². The van der Waals surface area contributed by atoms with Gasteiger partial charge in [-0.15, -0.1) is 11.3 Å². The average molecular weight is 393 g/mol. The fraction of sp³-hybridized carbons (Fsp3) is 0.0833. The first-order valence-electron chi connectivity index (χ1n) is 4.99. The van der Waals surface area contributed by atoms with Gasteiger partial charge in [0.25, 0.3) is 5.91 Å². The lowest BCUT2D eigenvalue weighted by atomic mass is 10.2. The van der Waals surface area contributed by atoms with E-state index in [1.54, 1.807) is 12.1 Å². The van der Waals surface area contributed by atoms with Crippen molar-refractivity contribution in [2.75, 3.05) is 5.32 Å². The molecular formula is C12H8Br2FNOS. The molecule has 0 aliphatic carbocycles. The van der Waals surface area contributed by atoms with Gasteiger partial charge in [0, 0.05) is 10.2 Å². The number of amides is 1. The molecule has 2 rings (SSSR count). The van der Waals surface area contributed by atoms with Crippen molar-refractivity contribution in [2.45, 2.75) is 6.92 Å². The first kappa shape index (κ1) is 13.7. The minimum atomic E-state index is -0.371. The second kappa shape index (κ2) is 5.50. The van der Waals surface area contributed by atoms with Gasteiger partial charge in [-0.1, -0.05) is 6.07 Å². The van der Waals surface area contributed by atoms with Crippen LogP contribution < -0.4 is 5.32 Å². The molecule has 2 nitrogen and oxygen atoms in total. The highest BCUT2D eigenvalue weighted by molar-refractivity contribution is 9.13.